The molecule has 0 bridgehead atoms. The van der Waals surface area contributed by atoms with Crippen molar-refractivity contribution in [3.8, 4) is 0 Å². The summed E-state index contributed by atoms with van der Waals surface area (Å²) >= 11 is 0. The Bertz CT molecular complexity index is 1040. The van der Waals surface area contributed by atoms with Crippen molar-refractivity contribution in [2.45, 2.75) is 56.1 Å². The third kappa shape index (κ3) is 5.31. The van der Waals surface area contributed by atoms with Crippen LogP contribution in [0.15, 0.2) is 47.6 Å². The molecule has 0 radical (unpaired) electrons. The number of nitrogens with zero attached hydrogens (tertiary/aromatic N) is 3. The van der Waals surface area contributed by atoms with Crippen LogP contribution in [-0.2, 0) is 15.6 Å². The number of carboxylic acid groups (broad SMARTS) is 1. The highest BCUT2D eigenvalue weighted by Crippen LogP contribution is 2.38. The van der Waals surface area contributed by atoms with Gasteiger partial charge in [-0.2, -0.15) is 0 Å². The van der Waals surface area contributed by atoms with E-state index in [4.69, 9.17) is 5.14 Å². The van der Waals surface area contributed by atoms with Crippen molar-refractivity contribution in [2.75, 3.05) is 11.9 Å². The molecule has 10 heteroatoms. The van der Waals surface area contributed by atoms with E-state index in [9.17, 15) is 18.3 Å². The molecule has 31 heavy (non-hydrogen) atoms. The Hall–Kier alpha value is -2.72. The van der Waals surface area contributed by atoms with Crippen LogP contribution >= 0.6 is 0 Å². The number of primary sulfonamides is 1. The van der Waals surface area contributed by atoms with Crippen molar-refractivity contribution in [1.29, 1.82) is 0 Å². The van der Waals surface area contributed by atoms with Crippen LogP contribution < -0.4 is 10.5 Å². The van der Waals surface area contributed by atoms with Gasteiger partial charge in [-0.05, 0) is 70.2 Å². The van der Waals surface area contributed by atoms with Crippen molar-refractivity contribution in [2.24, 2.45) is 11.1 Å². The number of pyridine rings is 2. The first-order valence-corrected chi connectivity index (χ1v) is 11.7. The second-order valence-electron chi connectivity index (χ2n) is 8.89. The molecule has 2 atom stereocenters. The monoisotopic (exact) mass is 447 g/mol. The molecule has 1 fully saturated rings. The van der Waals surface area contributed by atoms with Gasteiger partial charge in [0, 0.05) is 18.3 Å². The Kier molecular flexibility index (Phi) is 6.24. The zero-order chi connectivity index (χ0) is 22.9. The zero-order valence-electron chi connectivity index (χ0n) is 17.9. The molecule has 2 aromatic rings. The molecule has 1 amide bonds. The van der Waals surface area contributed by atoms with Gasteiger partial charge in [-0.25, -0.2) is 23.3 Å². The summed E-state index contributed by atoms with van der Waals surface area (Å²) in [6.45, 7) is 6.36. The van der Waals surface area contributed by atoms with E-state index < -0.39 is 27.2 Å². The minimum Gasteiger partial charge on any atom is -0.465 e. The van der Waals surface area contributed by atoms with Crippen LogP contribution in [0.25, 0.3) is 0 Å². The van der Waals surface area contributed by atoms with Gasteiger partial charge in [0.2, 0.25) is 0 Å². The standard InChI is InChI=1S/C21H29N5O4S/c1-20(2)13-15(14-26(20)19(27)28)10-11-21(3,16-7-4-5-12-23-16)25-17-8-6-9-18(24-17)31(22,29)30/h4-9,12,15H,10-11,13-14H2,1-3H3,(H,24,25)(H,27,28)(H2,22,29,30)/t15-,21?/m0/s1. The fourth-order valence-electron chi connectivity index (χ4n) is 4.28. The predicted octanol–water partition coefficient (Wildman–Crippen LogP) is 3.01. The number of amides is 1. The second kappa shape index (κ2) is 8.43. The van der Waals surface area contributed by atoms with Crippen molar-refractivity contribution in [3.05, 3.63) is 48.3 Å². The summed E-state index contributed by atoms with van der Waals surface area (Å²) in [7, 11) is -3.93. The molecule has 2 aromatic heterocycles. The van der Waals surface area contributed by atoms with Gasteiger partial charge < -0.3 is 15.3 Å². The quantitative estimate of drug-likeness (QED) is 0.593. The molecule has 1 saturated heterocycles. The summed E-state index contributed by atoms with van der Waals surface area (Å²) < 4.78 is 23.4. The number of aromatic nitrogens is 2. The topological polar surface area (TPSA) is 139 Å². The van der Waals surface area contributed by atoms with Crippen molar-refractivity contribution in [3.63, 3.8) is 0 Å². The molecule has 1 unspecified atom stereocenters. The number of nitrogens with two attached hydrogens (primary N) is 1. The van der Waals surface area contributed by atoms with Gasteiger partial charge in [0.25, 0.3) is 10.0 Å². The molecule has 1 aliphatic rings. The minimum absolute atomic E-state index is 0.208. The third-order valence-electron chi connectivity index (χ3n) is 5.89. The molecule has 9 nitrogen and oxygen atoms in total. The number of rotatable bonds is 7. The molecule has 4 N–H and O–H groups in total. The lowest BCUT2D eigenvalue weighted by atomic mass is 9.85. The molecule has 0 spiro atoms. The average molecular weight is 448 g/mol. The number of hydrogen-bond donors (Lipinski definition) is 3. The second-order valence-corrected chi connectivity index (χ2v) is 10.4. The fraction of sp³-hybridized carbons (Fsp3) is 0.476. The number of hydrogen-bond acceptors (Lipinski definition) is 6. The van der Waals surface area contributed by atoms with Crippen molar-refractivity contribution >= 4 is 21.9 Å². The van der Waals surface area contributed by atoms with E-state index in [0.717, 1.165) is 18.5 Å². The first-order chi connectivity index (χ1) is 14.4. The number of anilines is 1. The summed E-state index contributed by atoms with van der Waals surface area (Å²) in [6.07, 6.45) is 2.99. The van der Waals surface area contributed by atoms with Crippen LogP contribution in [0.3, 0.4) is 0 Å². The van der Waals surface area contributed by atoms with E-state index in [0.29, 0.717) is 18.8 Å². The normalized spacial score (nSPS) is 20.3. The van der Waals surface area contributed by atoms with Crippen LogP contribution in [-0.4, -0.2) is 46.6 Å². The van der Waals surface area contributed by atoms with Gasteiger partial charge in [-0.15, -0.1) is 0 Å². The summed E-state index contributed by atoms with van der Waals surface area (Å²) in [5.41, 5.74) is -0.270. The first-order valence-electron chi connectivity index (χ1n) is 10.1. The van der Waals surface area contributed by atoms with Gasteiger partial charge in [-0.3, -0.25) is 4.98 Å². The smallest absolute Gasteiger partial charge is 0.407 e. The van der Waals surface area contributed by atoms with Crippen LogP contribution in [0, 0.1) is 5.92 Å². The Labute approximate surface area is 182 Å². The molecule has 3 rings (SSSR count). The molecule has 0 saturated carbocycles. The Morgan fingerprint density at radius 3 is 2.65 bits per heavy atom. The van der Waals surface area contributed by atoms with Crippen LogP contribution in [0.2, 0.25) is 0 Å². The van der Waals surface area contributed by atoms with E-state index >= 15 is 0 Å². The highest BCUT2D eigenvalue weighted by Gasteiger charge is 2.42. The van der Waals surface area contributed by atoms with Crippen LogP contribution in [0.1, 0.15) is 45.7 Å². The average Bonchev–Trinajstić information content (AvgIpc) is 3.01. The highest BCUT2D eigenvalue weighted by atomic mass is 32.2. The number of carbonyl (C=O) groups is 1. The van der Waals surface area contributed by atoms with Crippen molar-refractivity contribution < 1.29 is 18.3 Å². The van der Waals surface area contributed by atoms with Crippen LogP contribution in [0.5, 0.6) is 0 Å². The summed E-state index contributed by atoms with van der Waals surface area (Å²) in [6, 6.07) is 10.2. The first kappa shape index (κ1) is 23.0. The minimum atomic E-state index is -3.93. The maximum Gasteiger partial charge on any atom is 0.407 e. The molecule has 0 aliphatic carbocycles. The van der Waals surface area contributed by atoms with Gasteiger partial charge in [0.1, 0.15) is 5.82 Å². The molecule has 168 valence electrons. The van der Waals surface area contributed by atoms with Gasteiger partial charge in [-0.1, -0.05) is 12.1 Å². The Morgan fingerprint density at radius 1 is 1.32 bits per heavy atom. The van der Waals surface area contributed by atoms with E-state index in [1.807, 2.05) is 39.0 Å². The van der Waals surface area contributed by atoms with E-state index in [1.54, 1.807) is 18.3 Å². The maximum absolute atomic E-state index is 11.7. The van der Waals surface area contributed by atoms with E-state index in [2.05, 4.69) is 15.3 Å². The number of nitrogens with one attached hydrogen (secondary N) is 1. The predicted molar refractivity (Wildman–Crippen MR) is 117 cm³/mol. The molecule has 3 heterocycles. The summed E-state index contributed by atoms with van der Waals surface area (Å²) in [5.74, 6) is 0.582. The van der Waals surface area contributed by atoms with Gasteiger partial charge in [0.05, 0.1) is 11.2 Å². The zero-order valence-corrected chi connectivity index (χ0v) is 18.8. The molecule has 0 aromatic carbocycles. The Balaban J connectivity index is 1.83. The fourth-order valence-corrected chi connectivity index (χ4v) is 4.77. The number of sulfonamides is 1. The third-order valence-corrected chi connectivity index (χ3v) is 6.70. The maximum atomic E-state index is 11.7. The largest absolute Gasteiger partial charge is 0.465 e. The summed E-state index contributed by atoms with van der Waals surface area (Å²) in [5, 5.41) is 17.8. The lowest BCUT2D eigenvalue weighted by molar-refractivity contribution is 0.117. The number of likely N-dealkylation sites (tertiary alicyclic amines) is 1. The molecule has 1 aliphatic heterocycles. The van der Waals surface area contributed by atoms with Crippen molar-refractivity contribution in [1.82, 2.24) is 14.9 Å². The van der Waals surface area contributed by atoms with E-state index in [1.165, 1.54) is 11.0 Å². The van der Waals surface area contributed by atoms with Crippen LogP contribution in [0.4, 0.5) is 10.6 Å². The lowest BCUT2D eigenvalue weighted by Gasteiger charge is -2.32. The van der Waals surface area contributed by atoms with E-state index in [-0.39, 0.29) is 10.9 Å². The molecular weight excluding hydrogens is 418 g/mol. The van der Waals surface area contributed by atoms with Gasteiger partial charge in [0.15, 0.2) is 5.03 Å². The molecular formula is C21H29N5O4S. The lowest BCUT2D eigenvalue weighted by Crippen LogP contribution is -2.41. The summed E-state index contributed by atoms with van der Waals surface area (Å²) in [4.78, 5) is 21.7. The van der Waals surface area contributed by atoms with Gasteiger partial charge >= 0.3 is 6.09 Å². The SMILES string of the molecule is CC(CC[C@@H]1CN(C(=O)O)C(C)(C)C1)(Nc1cccc(S(N)(=O)=O)n1)c1ccccn1. The highest BCUT2D eigenvalue weighted by molar-refractivity contribution is 7.89. The Morgan fingerprint density at radius 2 is 2.06 bits per heavy atom.